The predicted molar refractivity (Wildman–Crippen MR) is 60.3 cm³/mol. The highest BCUT2D eigenvalue weighted by Gasteiger charge is 2.19. The lowest BCUT2D eigenvalue weighted by molar-refractivity contribution is 0.156. The third-order valence-corrected chi connectivity index (χ3v) is 3.54. The first-order chi connectivity index (χ1) is 6.76. The Kier molecular flexibility index (Phi) is 5.49. The number of aliphatic hydroxyl groups is 1. The number of hydrogen-bond donors (Lipinski definition) is 2. The van der Waals surface area contributed by atoms with Crippen LogP contribution in [-0.4, -0.2) is 23.8 Å². The van der Waals surface area contributed by atoms with Gasteiger partial charge in [-0.2, -0.15) is 0 Å². The summed E-state index contributed by atoms with van der Waals surface area (Å²) in [6.07, 6.45) is 7.39. The van der Waals surface area contributed by atoms with Crippen LogP contribution in [0.1, 0.15) is 52.4 Å². The smallest absolute Gasteiger partial charge is 0.0662 e. The molecule has 0 heterocycles. The summed E-state index contributed by atoms with van der Waals surface area (Å²) in [4.78, 5) is 0. The van der Waals surface area contributed by atoms with Gasteiger partial charge in [-0.05, 0) is 38.0 Å². The van der Waals surface area contributed by atoms with Crippen molar-refractivity contribution >= 4 is 0 Å². The van der Waals surface area contributed by atoms with Crippen molar-refractivity contribution in [1.82, 2.24) is 5.32 Å². The van der Waals surface area contributed by atoms with E-state index in [2.05, 4.69) is 12.2 Å². The second-order valence-electron chi connectivity index (χ2n) is 4.60. The molecule has 1 atom stereocenters. The summed E-state index contributed by atoms with van der Waals surface area (Å²) in [6.45, 7) is 5.09. The Bertz CT molecular complexity index is 141. The summed E-state index contributed by atoms with van der Waals surface area (Å²) in [7, 11) is 0. The zero-order chi connectivity index (χ0) is 10.4. The zero-order valence-electron chi connectivity index (χ0n) is 9.63. The van der Waals surface area contributed by atoms with Gasteiger partial charge < -0.3 is 10.4 Å². The molecule has 0 bridgehead atoms. The minimum Gasteiger partial charge on any atom is -0.392 e. The van der Waals surface area contributed by atoms with Gasteiger partial charge >= 0.3 is 0 Å². The Balaban J connectivity index is 2.10. The molecule has 1 saturated carbocycles. The minimum absolute atomic E-state index is 0.154. The maximum absolute atomic E-state index is 9.42. The van der Waals surface area contributed by atoms with E-state index in [1.165, 1.54) is 32.1 Å². The Morgan fingerprint density at radius 3 is 2.36 bits per heavy atom. The normalized spacial score (nSPS) is 30.2. The molecule has 14 heavy (non-hydrogen) atoms. The van der Waals surface area contributed by atoms with Crippen LogP contribution in [0.4, 0.5) is 0 Å². The van der Waals surface area contributed by atoms with E-state index >= 15 is 0 Å². The highest BCUT2D eigenvalue weighted by Crippen LogP contribution is 2.26. The maximum Gasteiger partial charge on any atom is 0.0662 e. The Morgan fingerprint density at radius 1 is 1.21 bits per heavy atom. The molecule has 0 radical (unpaired) electrons. The molecule has 0 amide bonds. The van der Waals surface area contributed by atoms with Crippen molar-refractivity contribution in [3.8, 4) is 0 Å². The number of aliphatic hydroxyl groups excluding tert-OH is 1. The average Bonchev–Trinajstić information content (AvgIpc) is 2.26. The lowest BCUT2D eigenvalue weighted by atomic mass is 9.84. The molecule has 2 heteroatoms. The van der Waals surface area contributed by atoms with E-state index in [9.17, 15) is 5.11 Å². The highest BCUT2D eigenvalue weighted by molar-refractivity contribution is 4.77. The van der Waals surface area contributed by atoms with Gasteiger partial charge in [-0.25, -0.2) is 0 Å². The Labute approximate surface area is 88.1 Å². The molecule has 0 aliphatic heterocycles. The predicted octanol–water partition coefficient (Wildman–Crippen LogP) is 2.32. The van der Waals surface area contributed by atoms with Crippen molar-refractivity contribution in [3.05, 3.63) is 0 Å². The summed E-state index contributed by atoms with van der Waals surface area (Å²) >= 11 is 0. The maximum atomic E-state index is 9.42. The molecule has 1 rings (SSSR count). The molecular formula is C12H25NO. The van der Waals surface area contributed by atoms with E-state index in [-0.39, 0.29) is 6.10 Å². The quantitative estimate of drug-likeness (QED) is 0.712. The number of rotatable bonds is 5. The van der Waals surface area contributed by atoms with Gasteiger partial charge in [0.1, 0.15) is 0 Å². The molecule has 1 aliphatic carbocycles. The van der Waals surface area contributed by atoms with Crippen LogP contribution in [0.3, 0.4) is 0 Å². The molecule has 2 N–H and O–H groups in total. The summed E-state index contributed by atoms with van der Waals surface area (Å²) in [5, 5.41) is 12.9. The van der Waals surface area contributed by atoms with Crippen LogP contribution in [-0.2, 0) is 0 Å². The van der Waals surface area contributed by atoms with Gasteiger partial charge in [0.2, 0.25) is 0 Å². The Morgan fingerprint density at radius 2 is 1.86 bits per heavy atom. The van der Waals surface area contributed by atoms with Crippen molar-refractivity contribution in [2.24, 2.45) is 5.92 Å². The lowest BCUT2D eigenvalue weighted by Gasteiger charge is -2.29. The van der Waals surface area contributed by atoms with Crippen LogP contribution in [0.15, 0.2) is 0 Å². The van der Waals surface area contributed by atoms with Crippen LogP contribution in [0.25, 0.3) is 0 Å². The van der Waals surface area contributed by atoms with Gasteiger partial charge in [0.15, 0.2) is 0 Å². The van der Waals surface area contributed by atoms with Gasteiger partial charge in [0.25, 0.3) is 0 Å². The fourth-order valence-electron chi connectivity index (χ4n) is 2.22. The molecule has 2 nitrogen and oxygen atoms in total. The van der Waals surface area contributed by atoms with Gasteiger partial charge in [0, 0.05) is 12.6 Å². The van der Waals surface area contributed by atoms with E-state index in [0.717, 1.165) is 18.9 Å². The van der Waals surface area contributed by atoms with Crippen molar-refractivity contribution in [1.29, 1.82) is 0 Å². The third-order valence-electron chi connectivity index (χ3n) is 3.54. The van der Waals surface area contributed by atoms with Crippen molar-refractivity contribution in [3.63, 3.8) is 0 Å². The SMILES string of the molecule is CCC(O)CNC1CCC(CC)CC1. The van der Waals surface area contributed by atoms with Crippen LogP contribution in [0.5, 0.6) is 0 Å². The first kappa shape index (κ1) is 12.0. The summed E-state index contributed by atoms with van der Waals surface area (Å²) in [5.41, 5.74) is 0. The van der Waals surface area contributed by atoms with E-state index in [4.69, 9.17) is 0 Å². The summed E-state index contributed by atoms with van der Waals surface area (Å²) in [5.74, 6) is 0.962. The van der Waals surface area contributed by atoms with Crippen LogP contribution in [0.2, 0.25) is 0 Å². The largest absolute Gasteiger partial charge is 0.392 e. The van der Waals surface area contributed by atoms with Crippen molar-refractivity contribution in [2.75, 3.05) is 6.54 Å². The van der Waals surface area contributed by atoms with Crippen LogP contribution in [0, 0.1) is 5.92 Å². The van der Waals surface area contributed by atoms with Crippen molar-refractivity contribution in [2.45, 2.75) is 64.5 Å². The molecule has 0 aromatic carbocycles. The van der Waals surface area contributed by atoms with Gasteiger partial charge in [-0.1, -0.05) is 20.3 Å². The van der Waals surface area contributed by atoms with E-state index in [1.807, 2.05) is 6.92 Å². The fraction of sp³-hybridized carbons (Fsp3) is 1.00. The Hall–Kier alpha value is -0.0800. The zero-order valence-corrected chi connectivity index (χ0v) is 9.63. The second kappa shape index (κ2) is 6.41. The van der Waals surface area contributed by atoms with Crippen molar-refractivity contribution < 1.29 is 5.11 Å². The summed E-state index contributed by atoms with van der Waals surface area (Å²) in [6, 6.07) is 0.666. The first-order valence-corrected chi connectivity index (χ1v) is 6.17. The monoisotopic (exact) mass is 199 g/mol. The number of nitrogens with one attached hydrogen (secondary N) is 1. The third kappa shape index (κ3) is 3.97. The molecule has 84 valence electrons. The first-order valence-electron chi connectivity index (χ1n) is 6.17. The molecule has 0 saturated heterocycles. The van der Waals surface area contributed by atoms with E-state index in [1.54, 1.807) is 0 Å². The molecule has 0 aromatic rings. The average molecular weight is 199 g/mol. The topological polar surface area (TPSA) is 32.3 Å². The van der Waals surface area contributed by atoms with Gasteiger partial charge in [0.05, 0.1) is 6.10 Å². The molecule has 0 aromatic heterocycles. The molecule has 1 aliphatic rings. The van der Waals surface area contributed by atoms with E-state index < -0.39 is 0 Å². The summed E-state index contributed by atoms with van der Waals surface area (Å²) < 4.78 is 0. The second-order valence-corrected chi connectivity index (χ2v) is 4.60. The lowest BCUT2D eigenvalue weighted by Crippen LogP contribution is -2.37. The van der Waals surface area contributed by atoms with E-state index in [0.29, 0.717) is 6.04 Å². The molecular weight excluding hydrogens is 174 g/mol. The minimum atomic E-state index is -0.154. The number of hydrogen-bond acceptors (Lipinski definition) is 2. The molecule has 1 unspecified atom stereocenters. The standard InChI is InChI=1S/C12H25NO/c1-3-10-5-7-11(8-6-10)13-9-12(14)4-2/h10-14H,3-9H2,1-2H3. The molecule has 1 fully saturated rings. The highest BCUT2D eigenvalue weighted by atomic mass is 16.3. The van der Waals surface area contributed by atoms with Gasteiger partial charge in [-0.3, -0.25) is 0 Å². The van der Waals surface area contributed by atoms with Crippen LogP contribution >= 0.6 is 0 Å². The fourth-order valence-corrected chi connectivity index (χ4v) is 2.22. The van der Waals surface area contributed by atoms with Crippen LogP contribution < -0.4 is 5.32 Å². The van der Waals surface area contributed by atoms with Gasteiger partial charge in [-0.15, -0.1) is 0 Å². The molecule has 0 spiro atoms.